The summed E-state index contributed by atoms with van der Waals surface area (Å²) < 4.78 is 0. The monoisotopic (exact) mass is 760 g/mol. The van der Waals surface area contributed by atoms with Gasteiger partial charge in [0.1, 0.15) is 0 Å². The summed E-state index contributed by atoms with van der Waals surface area (Å²) in [4.78, 5) is 10.5. The average Bonchev–Trinajstić information content (AvgIpc) is 3.06. The Balaban J connectivity index is 0.0000120. The minimum absolute atomic E-state index is 0. The van der Waals surface area contributed by atoms with Crippen molar-refractivity contribution in [2.45, 2.75) is 196 Å². The van der Waals surface area contributed by atoms with Gasteiger partial charge in [-0.15, -0.1) is 0 Å². The fourth-order valence-electron chi connectivity index (χ4n) is 6.80. The van der Waals surface area contributed by atoms with E-state index < -0.39 is 0 Å². The number of rotatable bonds is 28. The maximum Gasteiger partial charge on any atom is 0.0845 e. The normalized spacial score (nSPS) is 12.2. The van der Waals surface area contributed by atoms with Gasteiger partial charge in [-0.2, -0.15) is 0 Å². The minimum atomic E-state index is 0. The largest absolute Gasteiger partial charge is 0.251 e. The molecule has 0 aliphatic carbocycles. The van der Waals surface area contributed by atoms with Crippen LogP contribution >= 0.6 is 0 Å². The molecule has 2 rings (SSSR count). The number of aryl methyl sites for hydroxylation is 4. The van der Waals surface area contributed by atoms with Crippen LogP contribution in [0.15, 0.2) is 58.5 Å². The molecule has 2 nitrogen and oxygen atoms in total. The molecule has 49 heavy (non-hydrogen) atoms. The van der Waals surface area contributed by atoms with Crippen LogP contribution in [0.3, 0.4) is 0 Å². The first-order valence-electron chi connectivity index (χ1n) is 20.6. The first-order valence-corrected chi connectivity index (χ1v) is 20.6. The summed E-state index contributed by atoms with van der Waals surface area (Å²) in [5.41, 5.74) is 9.71. The van der Waals surface area contributed by atoms with E-state index in [4.69, 9.17) is 9.98 Å². The third kappa shape index (κ3) is 21.2. The average molecular weight is 762 g/mol. The third-order valence-corrected chi connectivity index (χ3v) is 9.40. The summed E-state index contributed by atoms with van der Waals surface area (Å²) in [6, 6.07) is 13.9. The molecular weight excluding hydrogens is 687 g/mol. The van der Waals surface area contributed by atoms with Gasteiger partial charge in [-0.3, -0.25) is 4.99 Å². The van der Waals surface area contributed by atoms with Crippen molar-refractivity contribution in [3.63, 3.8) is 0 Å². The molecule has 0 radical (unpaired) electrons. The van der Waals surface area contributed by atoms with E-state index in [-0.39, 0.29) is 20.4 Å². The first kappa shape index (κ1) is 45.2. The Kier molecular flexibility index (Phi) is 27.6. The van der Waals surface area contributed by atoms with E-state index in [1.807, 2.05) is 0 Å². The molecule has 0 saturated heterocycles. The Morgan fingerprint density at radius 3 is 1.16 bits per heavy atom. The van der Waals surface area contributed by atoms with Crippen molar-refractivity contribution in [3.8, 4) is 0 Å². The molecule has 0 atom stereocenters. The predicted octanol–water partition coefficient (Wildman–Crippen LogP) is 15.2. The zero-order valence-electron chi connectivity index (χ0n) is 32.8. The van der Waals surface area contributed by atoms with Crippen molar-refractivity contribution in [2.75, 3.05) is 0 Å². The third-order valence-electron chi connectivity index (χ3n) is 9.40. The van der Waals surface area contributed by atoms with Gasteiger partial charge < -0.3 is 0 Å². The Morgan fingerprint density at radius 1 is 0.449 bits per heavy atom. The van der Waals surface area contributed by atoms with Crippen molar-refractivity contribution in [1.29, 1.82) is 0 Å². The summed E-state index contributed by atoms with van der Waals surface area (Å²) in [5, 5.41) is 0. The molecule has 0 aliphatic heterocycles. The molecule has 2 aromatic rings. The van der Waals surface area contributed by atoms with Crippen LogP contribution in [0.4, 0.5) is 11.4 Å². The Hall–Kier alpha value is -1.82. The Bertz CT molecular complexity index is 1160. The predicted molar refractivity (Wildman–Crippen MR) is 217 cm³/mol. The molecule has 3 heteroatoms. The Morgan fingerprint density at radius 2 is 0.796 bits per heavy atom. The summed E-state index contributed by atoms with van der Waals surface area (Å²) in [5.74, 6) is 0. The number of benzene rings is 2. The molecule has 0 saturated carbocycles. The summed E-state index contributed by atoms with van der Waals surface area (Å²) >= 11 is 0. The molecule has 0 amide bonds. The van der Waals surface area contributed by atoms with E-state index in [9.17, 15) is 0 Å². The van der Waals surface area contributed by atoms with Gasteiger partial charge in [0.15, 0.2) is 0 Å². The van der Waals surface area contributed by atoms with E-state index in [1.54, 1.807) is 0 Å². The zero-order valence-corrected chi connectivity index (χ0v) is 34.4. The van der Waals surface area contributed by atoms with E-state index in [0.29, 0.717) is 0 Å². The van der Waals surface area contributed by atoms with Gasteiger partial charge in [0.25, 0.3) is 0 Å². The zero-order chi connectivity index (χ0) is 34.7. The molecule has 0 aliphatic rings. The number of allylic oxidation sites excluding steroid dienone is 2. The van der Waals surface area contributed by atoms with Crippen LogP contribution < -0.4 is 0 Å². The molecule has 0 N–H and O–H groups in total. The quantitative estimate of drug-likeness (QED) is 0.0469. The summed E-state index contributed by atoms with van der Waals surface area (Å²) in [7, 11) is 0. The van der Waals surface area contributed by atoms with E-state index in [2.05, 4.69) is 90.1 Å². The number of hydrogen-bond donors (Lipinski definition) is 0. The van der Waals surface area contributed by atoms with Crippen LogP contribution in [0.1, 0.15) is 192 Å². The smallest absolute Gasteiger partial charge is 0.0845 e. The molecule has 0 unspecified atom stereocenters. The second kappa shape index (κ2) is 29.9. The topological polar surface area (TPSA) is 24.7 Å². The fourth-order valence-corrected chi connectivity index (χ4v) is 6.80. The maximum atomic E-state index is 5.27. The molecule has 0 aromatic heterocycles. The number of aliphatic imine (C=N–C) groups is 2. The van der Waals surface area contributed by atoms with E-state index >= 15 is 0 Å². The van der Waals surface area contributed by atoms with Gasteiger partial charge in [0.05, 0.1) is 22.8 Å². The second-order valence-electron chi connectivity index (χ2n) is 14.4. The number of hydrogen-bond acceptors (Lipinski definition) is 2. The second-order valence-corrected chi connectivity index (χ2v) is 14.4. The van der Waals surface area contributed by atoms with Crippen LogP contribution in [0, 0.1) is 0 Å². The maximum absolute atomic E-state index is 5.27. The van der Waals surface area contributed by atoms with Crippen molar-refractivity contribution >= 4 is 22.8 Å². The molecule has 278 valence electrons. The fraction of sp³-hybridized carbons (Fsp3) is 0.652. The van der Waals surface area contributed by atoms with Crippen molar-refractivity contribution in [2.24, 2.45) is 9.98 Å². The van der Waals surface area contributed by atoms with Crippen molar-refractivity contribution in [1.82, 2.24) is 0 Å². The van der Waals surface area contributed by atoms with Gasteiger partial charge in [-0.25, -0.2) is 4.99 Å². The Labute approximate surface area is 318 Å². The molecule has 0 heterocycles. The molecule has 0 spiro atoms. The SMILES string of the molecule is CCCCCCCCCCCCCCCCCC=CC(=Nc1cc(CCC)cc(CCC)c1)C(C)=Nc1cc(CCC)cc(CCC)c1.[Pd]. The van der Waals surface area contributed by atoms with Gasteiger partial charge in [-0.05, 0) is 98.0 Å². The van der Waals surface area contributed by atoms with Gasteiger partial charge in [0, 0.05) is 20.4 Å². The summed E-state index contributed by atoms with van der Waals surface area (Å²) in [6.07, 6.45) is 35.8. The van der Waals surface area contributed by atoms with Crippen molar-refractivity contribution in [3.05, 3.63) is 70.8 Å². The van der Waals surface area contributed by atoms with Crippen molar-refractivity contribution < 1.29 is 20.4 Å². The van der Waals surface area contributed by atoms with Gasteiger partial charge >= 0.3 is 0 Å². The first-order chi connectivity index (χ1) is 23.5. The molecule has 2 aromatic carbocycles. The minimum Gasteiger partial charge on any atom is -0.251 e. The van der Waals surface area contributed by atoms with Gasteiger partial charge in [0.2, 0.25) is 0 Å². The number of unbranched alkanes of at least 4 members (excludes halogenated alkanes) is 15. The van der Waals surface area contributed by atoms with Crippen LogP contribution in [0.2, 0.25) is 0 Å². The molecule has 0 bridgehead atoms. The van der Waals surface area contributed by atoms with Crippen LogP contribution in [-0.2, 0) is 46.1 Å². The standard InChI is InChI=1S/C46H74N2.Pd/c1-7-12-13-14-15-16-17-18-19-20-21-22-23-24-25-26-27-32-46(48-45-37-42(30-10-4)34-43(38-45)31-11-5)39(6)47-44-35-40(28-8-2)33-41(36-44)29-9-3;/h27,32-38H,7-26,28-31H2,1-6H3;. The number of nitrogens with zero attached hydrogens (tertiary/aromatic N) is 2. The summed E-state index contributed by atoms with van der Waals surface area (Å²) in [6.45, 7) is 13.5. The van der Waals surface area contributed by atoms with E-state index in [0.717, 1.165) is 80.6 Å². The van der Waals surface area contributed by atoms with Crippen LogP contribution in [-0.4, -0.2) is 11.4 Å². The van der Waals surface area contributed by atoms with Crippen LogP contribution in [0.5, 0.6) is 0 Å². The van der Waals surface area contributed by atoms with Gasteiger partial charge in [-0.1, -0.05) is 168 Å². The van der Waals surface area contributed by atoms with E-state index in [1.165, 1.54) is 119 Å². The molecular formula is C46H74N2Pd. The van der Waals surface area contributed by atoms with Crippen LogP contribution in [0.25, 0.3) is 0 Å². The molecule has 0 fully saturated rings.